The SMILES string of the molecule is CCCCc1cc(CCCC)c(O)c(C(=O)O)c1.[AlH3]. The highest BCUT2D eigenvalue weighted by atomic mass is 27.0. The molecule has 0 aliphatic heterocycles. The molecule has 0 saturated heterocycles. The molecule has 0 bridgehead atoms. The summed E-state index contributed by atoms with van der Waals surface area (Å²) in [5, 5.41) is 19.1. The molecule has 3 nitrogen and oxygen atoms in total. The van der Waals surface area contributed by atoms with E-state index in [1.165, 1.54) is 0 Å². The van der Waals surface area contributed by atoms with Gasteiger partial charge in [0.25, 0.3) is 0 Å². The van der Waals surface area contributed by atoms with Crippen LogP contribution in [0.4, 0.5) is 0 Å². The molecule has 0 atom stereocenters. The van der Waals surface area contributed by atoms with Gasteiger partial charge in [-0.3, -0.25) is 0 Å². The predicted octanol–water partition coefficient (Wildman–Crippen LogP) is 2.59. The molecule has 0 saturated carbocycles. The summed E-state index contributed by atoms with van der Waals surface area (Å²) in [5.41, 5.74) is 1.82. The maximum atomic E-state index is 11.1. The summed E-state index contributed by atoms with van der Waals surface area (Å²) < 4.78 is 0. The number of unbranched alkanes of at least 4 members (excludes halogenated alkanes) is 2. The van der Waals surface area contributed by atoms with Crippen LogP contribution in [-0.2, 0) is 12.8 Å². The zero-order valence-electron chi connectivity index (χ0n) is 11.2. The number of phenols is 1. The van der Waals surface area contributed by atoms with Gasteiger partial charge in [-0.25, -0.2) is 4.79 Å². The van der Waals surface area contributed by atoms with Crippen molar-refractivity contribution in [3.05, 3.63) is 28.8 Å². The van der Waals surface area contributed by atoms with E-state index >= 15 is 0 Å². The van der Waals surface area contributed by atoms with E-state index in [0.29, 0.717) is 0 Å². The first-order chi connectivity index (χ1) is 8.60. The van der Waals surface area contributed by atoms with Crippen molar-refractivity contribution in [3.63, 3.8) is 0 Å². The van der Waals surface area contributed by atoms with Crippen LogP contribution >= 0.6 is 0 Å². The minimum absolute atomic E-state index is 0. The van der Waals surface area contributed by atoms with Gasteiger partial charge in [-0.15, -0.1) is 0 Å². The van der Waals surface area contributed by atoms with Gasteiger partial charge in [0.2, 0.25) is 0 Å². The molecule has 1 aromatic carbocycles. The highest BCUT2D eigenvalue weighted by Gasteiger charge is 2.15. The lowest BCUT2D eigenvalue weighted by Crippen LogP contribution is -2.02. The average molecular weight is 280 g/mol. The van der Waals surface area contributed by atoms with Crippen molar-refractivity contribution in [2.45, 2.75) is 52.4 Å². The Bertz CT molecular complexity index is 416. The van der Waals surface area contributed by atoms with E-state index in [9.17, 15) is 9.90 Å². The Morgan fingerprint density at radius 3 is 2.21 bits per heavy atom. The van der Waals surface area contributed by atoms with Crippen LogP contribution in [-0.4, -0.2) is 33.5 Å². The molecular weight excluding hydrogens is 255 g/mol. The molecule has 0 unspecified atom stereocenters. The van der Waals surface area contributed by atoms with Crippen molar-refractivity contribution in [1.29, 1.82) is 0 Å². The number of hydrogen-bond donors (Lipinski definition) is 2. The number of rotatable bonds is 7. The number of aryl methyl sites for hydroxylation is 2. The van der Waals surface area contributed by atoms with Crippen LogP contribution in [0.5, 0.6) is 5.75 Å². The Hall–Kier alpha value is -0.978. The summed E-state index contributed by atoms with van der Waals surface area (Å²) in [7, 11) is 0. The van der Waals surface area contributed by atoms with Crippen LogP contribution < -0.4 is 0 Å². The number of carboxylic acid groups (broad SMARTS) is 1. The second-order valence-corrected chi connectivity index (χ2v) is 4.66. The normalized spacial score (nSPS) is 10.0. The summed E-state index contributed by atoms with van der Waals surface area (Å²) >= 11 is 0. The van der Waals surface area contributed by atoms with Gasteiger partial charge in [-0.1, -0.05) is 32.8 Å². The Morgan fingerprint density at radius 1 is 1.11 bits per heavy atom. The third-order valence-corrected chi connectivity index (χ3v) is 3.10. The fraction of sp³-hybridized carbons (Fsp3) is 0.533. The fourth-order valence-electron chi connectivity index (χ4n) is 2.01. The highest BCUT2D eigenvalue weighted by molar-refractivity contribution is 5.91. The Morgan fingerprint density at radius 2 is 1.68 bits per heavy atom. The van der Waals surface area contributed by atoms with Crippen LogP contribution in [0.15, 0.2) is 12.1 Å². The second-order valence-electron chi connectivity index (χ2n) is 4.66. The maximum absolute atomic E-state index is 11.1. The quantitative estimate of drug-likeness (QED) is 0.755. The molecule has 4 heteroatoms. The third kappa shape index (κ3) is 5.26. The molecule has 0 aliphatic carbocycles. The van der Waals surface area contributed by atoms with Crippen molar-refractivity contribution in [3.8, 4) is 5.75 Å². The van der Waals surface area contributed by atoms with Gasteiger partial charge in [0.1, 0.15) is 11.3 Å². The summed E-state index contributed by atoms with van der Waals surface area (Å²) in [4.78, 5) is 11.1. The van der Waals surface area contributed by atoms with Crippen LogP contribution in [0, 0.1) is 0 Å². The number of carbonyl (C=O) groups is 1. The summed E-state index contributed by atoms with van der Waals surface area (Å²) in [6, 6.07) is 3.55. The predicted molar refractivity (Wildman–Crippen MR) is 82.2 cm³/mol. The van der Waals surface area contributed by atoms with Gasteiger partial charge in [-0.2, -0.15) is 0 Å². The Labute approximate surface area is 125 Å². The van der Waals surface area contributed by atoms with E-state index in [4.69, 9.17) is 5.11 Å². The molecule has 0 amide bonds. The van der Waals surface area contributed by atoms with Gasteiger partial charge < -0.3 is 10.2 Å². The lowest BCUT2D eigenvalue weighted by molar-refractivity contribution is 0.0693. The van der Waals surface area contributed by atoms with Crippen LogP contribution in [0.25, 0.3) is 0 Å². The number of carboxylic acids is 1. The smallest absolute Gasteiger partial charge is 0.339 e. The Kier molecular flexibility index (Phi) is 8.55. The van der Waals surface area contributed by atoms with Crippen LogP contribution in [0.2, 0.25) is 0 Å². The van der Waals surface area contributed by atoms with E-state index in [1.807, 2.05) is 6.07 Å². The standard InChI is InChI=1S/C15H22O3.Al.3H/c1-3-5-7-11-9-12(8-6-4-2)14(16)13(10-11)15(17)18;;;;/h9-10,16H,3-8H2,1-2H3,(H,17,18);;;;. The molecule has 0 aliphatic rings. The molecule has 2 N–H and O–H groups in total. The van der Waals surface area contributed by atoms with E-state index in [2.05, 4.69) is 13.8 Å². The molecule has 0 radical (unpaired) electrons. The van der Waals surface area contributed by atoms with Gasteiger partial charge in [0, 0.05) is 0 Å². The second kappa shape index (κ2) is 9.01. The zero-order valence-corrected chi connectivity index (χ0v) is 11.2. The van der Waals surface area contributed by atoms with E-state index in [1.54, 1.807) is 6.07 Å². The van der Waals surface area contributed by atoms with E-state index in [0.717, 1.165) is 49.7 Å². The third-order valence-electron chi connectivity index (χ3n) is 3.10. The van der Waals surface area contributed by atoms with Crippen molar-refractivity contribution >= 4 is 23.3 Å². The molecule has 19 heavy (non-hydrogen) atoms. The maximum Gasteiger partial charge on any atom is 0.339 e. The average Bonchev–Trinajstić information content (AvgIpc) is 2.35. The summed E-state index contributed by atoms with van der Waals surface area (Å²) in [6.45, 7) is 4.19. The number of aromatic carboxylic acids is 1. The monoisotopic (exact) mass is 280 g/mol. The van der Waals surface area contributed by atoms with Crippen molar-refractivity contribution in [2.75, 3.05) is 0 Å². The minimum atomic E-state index is -1.05. The number of aromatic hydroxyl groups is 1. The van der Waals surface area contributed by atoms with Crippen molar-refractivity contribution in [2.24, 2.45) is 0 Å². The first-order valence-electron chi connectivity index (χ1n) is 6.68. The van der Waals surface area contributed by atoms with Gasteiger partial charge in [-0.05, 0) is 42.9 Å². The zero-order chi connectivity index (χ0) is 13.5. The van der Waals surface area contributed by atoms with Gasteiger partial charge in [0.15, 0.2) is 17.4 Å². The summed E-state index contributed by atoms with van der Waals surface area (Å²) in [6.07, 6.45) is 5.72. The molecule has 0 aromatic heterocycles. The largest absolute Gasteiger partial charge is 0.507 e. The van der Waals surface area contributed by atoms with Crippen molar-refractivity contribution in [1.82, 2.24) is 0 Å². The van der Waals surface area contributed by atoms with Crippen molar-refractivity contribution < 1.29 is 15.0 Å². The van der Waals surface area contributed by atoms with E-state index in [-0.39, 0.29) is 28.7 Å². The molecule has 1 rings (SSSR count). The number of benzene rings is 1. The molecule has 106 valence electrons. The molecule has 0 heterocycles. The molecular formula is C15H25AlO3. The van der Waals surface area contributed by atoms with E-state index < -0.39 is 5.97 Å². The van der Waals surface area contributed by atoms with Crippen LogP contribution in [0.3, 0.4) is 0 Å². The van der Waals surface area contributed by atoms with Gasteiger partial charge in [0.05, 0.1) is 0 Å². The summed E-state index contributed by atoms with van der Waals surface area (Å²) in [5.74, 6) is -1.11. The Balaban J connectivity index is 0.00000324. The molecule has 0 fully saturated rings. The van der Waals surface area contributed by atoms with Gasteiger partial charge >= 0.3 is 5.97 Å². The first kappa shape index (κ1) is 18.0. The highest BCUT2D eigenvalue weighted by Crippen LogP contribution is 2.27. The molecule has 1 aromatic rings. The number of hydrogen-bond acceptors (Lipinski definition) is 2. The topological polar surface area (TPSA) is 57.5 Å². The minimum Gasteiger partial charge on any atom is -0.507 e. The fourth-order valence-corrected chi connectivity index (χ4v) is 2.01. The molecule has 0 spiro atoms. The lowest BCUT2D eigenvalue weighted by Gasteiger charge is -2.10. The van der Waals surface area contributed by atoms with Crippen LogP contribution in [0.1, 0.15) is 61.0 Å². The lowest BCUT2D eigenvalue weighted by atomic mass is 9.97. The first-order valence-corrected chi connectivity index (χ1v) is 6.68.